The van der Waals surface area contributed by atoms with E-state index in [9.17, 15) is 22.4 Å². The van der Waals surface area contributed by atoms with Crippen LogP contribution in [-0.4, -0.2) is 45.9 Å². The second-order valence-electron chi connectivity index (χ2n) is 9.54. The van der Waals surface area contributed by atoms with Gasteiger partial charge < -0.3 is 10.4 Å². The molecule has 1 aliphatic carbocycles. The van der Waals surface area contributed by atoms with Crippen LogP contribution in [0.2, 0.25) is 0 Å². The van der Waals surface area contributed by atoms with Crippen molar-refractivity contribution in [1.82, 2.24) is 20.1 Å². The topological polar surface area (TPSA) is 131 Å². The number of halogens is 1. The molecule has 2 heterocycles. The normalized spacial score (nSPS) is 14.0. The van der Waals surface area contributed by atoms with E-state index in [4.69, 9.17) is 5.11 Å². The van der Waals surface area contributed by atoms with E-state index in [0.717, 1.165) is 12.0 Å². The van der Waals surface area contributed by atoms with Crippen LogP contribution in [0, 0.1) is 5.82 Å². The molecule has 0 bridgehead atoms. The SMILES string of the molecule is CCCC(NC(=O)C1=CCC(CC)=Cc2c1cnn2-c1ccc(F)cc1)c1cncc(S(=O)(=O)CCC(=O)O)c1. The lowest BCUT2D eigenvalue weighted by atomic mass is 10.0. The summed E-state index contributed by atoms with van der Waals surface area (Å²) in [5.41, 5.74) is 4.04. The van der Waals surface area contributed by atoms with Crippen LogP contribution in [0.1, 0.15) is 68.8 Å². The lowest BCUT2D eigenvalue weighted by Gasteiger charge is -2.20. The molecule has 210 valence electrons. The first kappa shape index (κ1) is 28.9. The first-order valence-electron chi connectivity index (χ1n) is 13.1. The molecule has 0 aliphatic heterocycles. The smallest absolute Gasteiger partial charge is 0.304 e. The number of pyridine rings is 1. The third kappa shape index (κ3) is 6.53. The van der Waals surface area contributed by atoms with E-state index >= 15 is 0 Å². The standard InChI is InChI=1S/C29H31FN4O5S/c1-3-5-26(20-15-23(17-31-16-20)40(38,39)13-12-28(35)36)33-29(37)24-11-6-19(4-2)14-27-25(24)18-32-34(27)22-9-7-21(30)8-10-22/h7-11,14-18,26H,3-6,12-13H2,1-2H3,(H,33,37)(H,35,36). The molecular weight excluding hydrogens is 535 g/mol. The average molecular weight is 567 g/mol. The van der Waals surface area contributed by atoms with E-state index in [1.807, 2.05) is 26.0 Å². The van der Waals surface area contributed by atoms with E-state index < -0.39 is 34.0 Å². The molecule has 1 amide bonds. The van der Waals surface area contributed by atoms with Crippen LogP contribution in [0.3, 0.4) is 0 Å². The Labute approximate surface area is 232 Å². The number of nitrogens with one attached hydrogen (secondary N) is 1. The third-order valence-corrected chi connectivity index (χ3v) is 8.42. The van der Waals surface area contributed by atoms with Gasteiger partial charge in [-0.05, 0) is 61.2 Å². The molecule has 11 heteroatoms. The minimum absolute atomic E-state index is 0.0880. The van der Waals surface area contributed by atoms with Crippen molar-refractivity contribution in [3.63, 3.8) is 0 Å². The Morgan fingerprint density at radius 3 is 2.58 bits per heavy atom. The number of carboxylic acid groups (broad SMARTS) is 1. The molecular formula is C29H31FN4O5S. The first-order valence-corrected chi connectivity index (χ1v) is 14.7. The molecule has 2 N–H and O–H groups in total. The van der Waals surface area contributed by atoms with Crippen LogP contribution in [0.4, 0.5) is 4.39 Å². The lowest BCUT2D eigenvalue weighted by molar-refractivity contribution is -0.136. The van der Waals surface area contributed by atoms with Crippen LogP contribution >= 0.6 is 0 Å². The van der Waals surface area contributed by atoms with Gasteiger partial charge in [-0.25, -0.2) is 17.5 Å². The highest BCUT2D eigenvalue weighted by atomic mass is 32.2. The average Bonchev–Trinajstić information content (AvgIpc) is 3.25. The molecule has 4 rings (SSSR count). The van der Waals surface area contributed by atoms with Gasteiger partial charge in [0, 0.05) is 23.5 Å². The predicted molar refractivity (Wildman–Crippen MR) is 149 cm³/mol. The van der Waals surface area contributed by atoms with Crippen molar-refractivity contribution in [3.8, 4) is 5.69 Å². The summed E-state index contributed by atoms with van der Waals surface area (Å²) < 4.78 is 40.6. The first-order chi connectivity index (χ1) is 19.1. The Morgan fingerprint density at radius 2 is 1.90 bits per heavy atom. The summed E-state index contributed by atoms with van der Waals surface area (Å²) >= 11 is 0. The second kappa shape index (κ2) is 12.4. The quantitative estimate of drug-likeness (QED) is 0.338. The van der Waals surface area contributed by atoms with Crippen LogP contribution < -0.4 is 5.32 Å². The van der Waals surface area contributed by atoms with Gasteiger partial charge >= 0.3 is 5.97 Å². The second-order valence-corrected chi connectivity index (χ2v) is 11.7. The molecule has 1 unspecified atom stereocenters. The monoisotopic (exact) mass is 566 g/mol. The molecule has 2 aromatic heterocycles. The number of aliphatic carboxylic acids is 1. The van der Waals surface area contributed by atoms with Crippen molar-refractivity contribution in [1.29, 1.82) is 0 Å². The summed E-state index contributed by atoms with van der Waals surface area (Å²) in [6, 6.07) is 6.87. The van der Waals surface area contributed by atoms with Crippen molar-refractivity contribution in [2.45, 2.75) is 56.9 Å². The molecule has 9 nitrogen and oxygen atoms in total. The van der Waals surface area contributed by atoms with Crippen molar-refractivity contribution in [2.75, 3.05) is 5.75 Å². The zero-order chi connectivity index (χ0) is 28.9. The number of fused-ring (bicyclic) bond motifs is 1. The van der Waals surface area contributed by atoms with E-state index in [-0.39, 0.29) is 16.6 Å². The van der Waals surface area contributed by atoms with Gasteiger partial charge in [-0.15, -0.1) is 0 Å². The number of nitrogens with zero attached hydrogens (tertiary/aromatic N) is 3. The number of aromatic nitrogens is 3. The number of allylic oxidation sites excluding steroid dienone is 2. The van der Waals surface area contributed by atoms with Gasteiger partial charge in [-0.2, -0.15) is 5.10 Å². The Hall–Kier alpha value is -4.12. The number of carbonyl (C=O) groups excluding carboxylic acids is 1. The van der Waals surface area contributed by atoms with E-state index in [2.05, 4.69) is 15.4 Å². The highest BCUT2D eigenvalue weighted by Gasteiger charge is 2.25. The zero-order valence-electron chi connectivity index (χ0n) is 22.3. The largest absolute Gasteiger partial charge is 0.481 e. The van der Waals surface area contributed by atoms with Crippen molar-refractivity contribution in [2.24, 2.45) is 0 Å². The van der Waals surface area contributed by atoms with Crippen LogP contribution in [-0.2, 0) is 19.4 Å². The van der Waals surface area contributed by atoms with Gasteiger partial charge in [0.25, 0.3) is 5.91 Å². The van der Waals surface area contributed by atoms with Gasteiger partial charge in [0.05, 0.1) is 40.7 Å². The summed E-state index contributed by atoms with van der Waals surface area (Å²) in [4.78, 5) is 28.6. The number of sulfone groups is 1. The maximum absolute atomic E-state index is 13.7. The van der Waals surface area contributed by atoms with Crippen molar-refractivity contribution < 1.29 is 27.5 Å². The predicted octanol–water partition coefficient (Wildman–Crippen LogP) is 4.89. The van der Waals surface area contributed by atoms with Crippen LogP contribution in [0.25, 0.3) is 17.3 Å². The molecule has 0 saturated carbocycles. The van der Waals surface area contributed by atoms with Gasteiger partial charge in [0.15, 0.2) is 9.84 Å². The van der Waals surface area contributed by atoms with Gasteiger partial charge in [0.1, 0.15) is 5.82 Å². The third-order valence-electron chi connectivity index (χ3n) is 6.74. The Bertz CT molecular complexity index is 1580. The van der Waals surface area contributed by atoms with E-state index in [1.54, 1.807) is 23.0 Å². The molecule has 3 aromatic rings. The number of amides is 1. The molecule has 40 heavy (non-hydrogen) atoms. The zero-order valence-corrected chi connectivity index (χ0v) is 23.1. The molecule has 1 aromatic carbocycles. The fraction of sp³-hybridized carbons (Fsp3) is 0.310. The molecule has 1 atom stereocenters. The molecule has 0 fully saturated rings. The lowest BCUT2D eigenvalue weighted by Crippen LogP contribution is -2.29. The summed E-state index contributed by atoms with van der Waals surface area (Å²) in [6.07, 6.45) is 10.2. The molecule has 0 saturated heterocycles. The highest BCUT2D eigenvalue weighted by Crippen LogP contribution is 2.31. The van der Waals surface area contributed by atoms with Crippen LogP contribution in [0.15, 0.2) is 65.5 Å². The van der Waals surface area contributed by atoms with Gasteiger partial charge in [-0.3, -0.25) is 14.6 Å². The Balaban J connectivity index is 1.65. The summed E-state index contributed by atoms with van der Waals surface area (Å²) in [6.45, 7) is 3.98. The maximum atomic E-state index is 13.7. The van der Waals surface area contributed by atoms with Crippen molar-refractivity contribution >= 4 is 33.4 Å². The van der Waals surface area contributed by atoms with Crippen molar-refractivity contribution in [3.05, 3.63) is 83.2 Å². The van der Waals surface area contributed by atoms with E-state index in [1.165, 1.54) is 30.6 Å². The summed E-state index contributed by atoms with van der Waals surface area (Å²) in [5, 5.41) is 16.4. The number of carboxylic acids is 1. The summed E-state index contributed by atoms with van der Waals surface area (Å²) in [5.74, 6) is -2.45. The van der Waals surface area contributed by atoms with E-state index in [0.29, 0.717) is 47.3 Å². The highest BCUT2D eigenvalue weighted by molar-refractivity contribution is 7.91. The maximum Gasteiger partial charge on any atom is 0.304 e. The molecule has 0 radical (unpaired) electrons. The number of hydrogen-bond donors (Lipinski definition) is 2. The number of rotatable bonds is 11. The molecule has 1 aliphatic rings. The number of carbonyl (C=O) groups is 2. The minimum Gasteiger partial charge on any atom is -0.481 e. The minimum atomic E-state index is -3.86. The Kier molecular flexibility index (Phi) is 8.93. The number of benzene rings is 1. The Morgan fingerprint density at radius 1 is 1.15 bits per heavy atom. The van der Waals surface area contributed by atoms with Gasteiger partial charge in [0.2, 0.25) is 0 Å². The number of hydrogen-bond acceptors (Lipinski definition) is 6. The summed E-state index contributed by atoms with van der Waals surface area (Å²) in [7, 11) is -3.86. The van der Waals surface area contributed by atoms with Crippen LogP contribution in [0.5, 0.6) is 0 Å². The van der Waals surface area contributed by atoms with Gasteiger partial charge in [-0.1, -0.05) is 31.9 Å². The fourth-order valence-corrected chi connectivity index (χ4v) is 5.75. The fourth-order valence-electron chi connectivity index (χ4n) is 4.53. The molecule has 0 spiro atoms.